The molecule has 0 aliphatic heterocycles. The number of halogens is 9. The van der Waals surface area contributed by atoms with Crippen molar-refractivity contribution in [3.8, 4) is 0 Å². The fraction of sp³-hybridized carbons (Fsp3) is 0.455. The molecule has 0 spiro atoms. The lowest BCUT2D eigenvalue weighted by atomic mass is 10.0. The number of hydrogen-bond acceptors (Lipinski definition) is 1. The van der Waals surface area contributed by atoms with Gasteiger partial charge in [0.15, 0.2) is 23.3 Å². The Morgan fingerprint density at radius 1 is 0.762 bits per heavy atom. The van der Waals surface area contributed by atoms with Gasteiger partial charge in [-0.2, -0.15) is 17.6 Å². The molecule has 1 aromatic carbocycles. The van der Waals surface area contributed by atoms with Crippen LogP contribution in [0, 0.1) is 29.1 Å². The van der Waals surface area contributed by atoms with Crippen LogP contribution in [0.1, 0.15) is 12.0 Å². The summed E-state index contributed by atoms with van der Waals surface area (Å²) in [6.45, 7) is 0. The third-order valence-electron chi connectivity index (χ3n) is 2.67. The predicted molar refractivity (Wildman–Crippen MR) is 51.5 cm³/mol. The van der Waals surface area contributed by atoms with Crippen molar-refractivity contribution in [2.75, 3.05) is 7.11 Å². The Hall–Kier alpha value is -1.45. The first-order valence-corrected chi connectivity index (χ1v) is 5.27. The Balaban J connectivity index is 3.11. The van der Waals surface area contributed by atoms with Crippen LogP contribution >= 0.6 is 0 Å². The summed E-state index contributed by atoms with van der Waals surface area (Å²) < 4.78 is 119. The summed E-state index contributed by atoms with van der Waals surface area (Å²) >= 11 is 0. The summed E-state index contributed by atoms with van der Waals surface area (Å²) in [5, 5.41) is 0. The monoisotopic (exact) mass is 326 g/mol. The van der Waals surface area contributed by atoms with Crippen LogP contribution in [0.15, 0.2) is 0 Å². The van der Waals surface area contributed by atoms with Crippen LogP contribution in [0.4, 0.5) is 39.5 Å². The van der Waals surface area contributed by atoms with Crippen molar-refractivity contribution in [2.24, 2.45) is 0 Å². The summed E-state index contributed by atoms with van der Waals surface area (Å²) in [7, 11) is 0.270. The first kappa shape index (κ1) is 17.6. The summed E-state index contributed by atoms with van der Waals surface area (Å²) in [4.78, 5) is 0. The Kier molecular flexibility index (Phi) is 4.81. The van der Waals surface area contributed by atoms with E-state index < -0.39 is 59.5 Å². The van der Waals surface area contributed by atoms with E-state index in [9.17, 15) is 39.5 Å². The lowest BCUT2D eigenvalue weighted by molar-refractivity contribution is -0.338. The molecular weight excluding hydrogens is 319 g/mol. The van der Waals surface area contributed by atoms with Gasteiger partial charge in [0.1, 0.15) is 0 Å². The standard InChI is InChI=1S/C11H7F9O/c1-21-11(19,20)10(17,18)3-2-4-5(12)7(14)9(16)8(15)6(4)13/h2-3H2,1H3. The molecule has 1 aromatic rings. The largest absolute Gasteiger partial charge is 0.419 e. The molecule has 0 radical (unpaired) electrons. The van der Waals surface area contributed by atoms with Crippen molar-refractivity contribution in [1.82, 2.24) is 0 Å². The summed E-state index contributed by atoms with van der Waals surface area (Å²) in [5.74, 6) is -16.7. The molecular formula is C11H7F9O. The molecule has 1 nitrogen and oxygen atoms in total. The minimum atomic E-state index is -4.95. The van der Waals surface area contributed by atoms with E-state index in [1.807, 2.05) is 0 Å². The molecule has 0 unspecified atom stereocenters. The summed E-state index contributed by atoms with van der Waals surface area (Å²) in [5.41, 5.74) is -1.60. The van der Waals surface area contributed by atoms with Crippen molar-refractivity contribution in [3.05, 3.63) is 34.6 Å². The average Bonchev–Trinajstić information content (AvgIpc) is 2.42. The van der Waals surface area contributed by atoms with Gasteiger partial charge in [0.25, 0.3) is 0 Å². The van der Waals surface area contributed by atoms with E-state index in [0.29, 0.717) is 0 Å². The van der Waals surface area contributed by atoms with Gasteiger partial charge in [0.2, 0.25) is 5.82 Å². The molecule has 0 heterocycles. The molecule has 0 saturated carbocycles. The number of benzene rings is 1. The lowest BCUT2D eigenvalue weighted by Crippen LogP contribution is -2.42. The minimum absolute atomic E-state index is 0.270. The third kappa shape index (κ3) is 3.09. The fourth-order valence-corrected chi connectivity index (χ4v) is 1.45. The SMILES string of the molecule is COC(F)(F)C(F)(F)CCc1c(F)c(F)c(F)c(F)c1F. The highest BCUT2D eigenvalue weighted by Gasteiger charge is 2.56. The predicted octanol–water partition coefficient (Wildman–Crippen LogP) is 4.19. The number of rotatable bonds is 5. The van der Waals surface area contributed by atoms with Gasteiger partial charge in [-0.15, -0.1) is 0 Å². The molecule has 0 fully saturated rings. The second-order valence-electron chi connectivity index (χ2n) is 3.97. The van der Waals surface area contributed by atoms with Gasteiger partial charge in [0.05, 0.1) is 0 Å². The molecule has 0 bridgehead atoms. The van der Waals surface area contributed by atoms with Crippen molar-refractivity contribution in [1.29, 1.82) is 0 Å². The third-order valence-corrected chi connectivity index (χ3v) is 2.67. The highest BCUT2D eigenvalue weighted by Crippen LogP contribution is 2.39. The quantitative estimate of drug-likeness (QED) is 0.448. The summed E-state index contributed by atoms with van der Waals surface area (Å²) in [6.07, 6.45) is -8.33. The van der Waals surface area contributed by atoms with E-state index in [2.05, 4.69) is 4.74 Å². The molecule has 1 rings (SSSR count). The van der Waals surface area contributed by atoms with Gasteiger partial charge in [-0.05, 0) is 6.42 Å². The van der Waals surface area contributed by atoms with Crippen LogP contribution in [0.2, 0.25) is 0 Å². The van der Waals surface area contributed by atoms with Crippen molar-refractivity contribution < 1.29 is 44.3 Å². The van der Waals surface area contributed by atoms with Gasteiger partial charge in [-0.1, -0.05) is 0 Å². The first-order chi connectivity index (χ1) is 9.46. The zero-order valence-corrected chi connectivity index (χ0v) is 10.2. The number of ether oxygens (including phenoxy) is 1. The first-order valence-electron chi connectivity index (χ1n) is 5.27. The van der Waals surface area contributed by atoms with Gasteiger partial charge < -0.3 is 4.74 Å². The smallest absolute Gasteiger partial charge is 0.319 e. The molecule has 0 aliphatic carbocycles. The van der Waals surface area contributed by atoms with Gasteiger partial charge >= 0.3 is 12.0 Å². The van der Waals surface area contributed by atoms with Gasteiger partial charge in [0, 0.05) is 19.1 Å². The highest BCUT2D eigenvalue weighted by molar-refractivity contribution is 5.24. The van der Waals surface area contributed by atoms with E-state index in [4.69, 9.17) is 0 Å². The molecule has 0 atom stereocenters. The molecule has 0 N–H and O–H groups in total. The zero-order valence-electron chi connectivity index (χ0n) is 10.2. The van der Waals surface area contributed by atoms with Crippen LogP contribution in [0.3, 0.4) is 0 Å². The van der Waals surface area contributed by atoms with Crippen molar-refractivity contribution >= 4 is 0 Å². The topological polar surface area (TPSA) is 9.23 Å². The molecule has 0 amide bonds. The number of alkyl halides is 4. The van der Waals surface area contributed by atoms with E-state index in [0.717, 1.165) is 0 Å². The van der Waals surface area contributed by atoms with E-state index in [-0.39, 0.29) is 7.11 Å². The molecule has 21 heavy (non-hydrogen) atoms. The highest BCUT2D eigenvalue weighted by atomic mass is 19.3. The average molecular weight is 326 g/mol. The maximum absolute atomic E-state index is 13.2. The van der Waals surface area contributed by atoms with E-state index in [1.54, 1.807) is 0 Å². The maximum Gasteiger partial charge on any atom is 0.419 e. The van der Waals surface area contributed by atoms with Gasteiger partial charge in [-0.3, -0.25) is 0 Å². The van der Waals surface area contributed by atoms with Crippen LogP contribution < -0.4 is 0 Å². The lowest BCUT2D eigenvalue weighted by Gasteiger charge is -2.24. The Labute approximate surface area is 112 Å². The molecule has 0 aliphatic rings. The Morgan fingerprint density at radius 3 is 1.52 bits per heavy atom. The molecule has 120 valence electrons. The van der Waals surface area contributed by atoms with Gasteiger partial charge in [-0.25, -0.2) is 22.0 Å². The van der Waals surface area contributed by atoms with E-state index in [1.165, 1.54) is 0 Å². The Morgan fingerprint density at radius 2 is 1.14 bits per heavy atom. The second-order valence-corrected chi connectivity index (χ2v) is 3.97. The Bertz CT molecular complexity index is 512. The van der Waals surface area contributed by atoms with Crippen molar-refractivity contribution in [3.63, 3.8) is 0 Å². The number of hydrogen-bond donors (Lipinski definition) is 0. The maximum atomic E-state index is 13.2. The molecule has 0 saturated heterocycles. The normalized spacial score (nSPS) is 12.9. The zero-order chi connectivity index (χ0) is 16.6. The second kappa shape index (κ2) is 5.74. The molecule has 10 heteroatoms. The van der Waals surface area contributed by atoms with Crippen LogP contribution in [0.25, 0.3) is 0 Å². The summed E-state index contributed by atoms with van der Waals surface area (Å²) in [6, 6.07) is 0. The minimum Gasteiger partial charge on any atom is -0.319 e. The van der Waals surface area contributed by atoms with Crippen LogP contribution in [0.5, 0.6) is 0 Å². The fourth-order valence-electron chi connectivity index (χ4n) is 1.45. The number of methoxy groups -OCH3 is 1. The van der Waals surface area contributed by atoms with Crippen LogP contribution in [-0.2, 0) is 11.2 Å². The van der Waals surface area contributed by atoms with E-state index >= 15 is 0 Å². The van der Waals surface area contributed by atoms with Crippen LogP contribution in [-0.4, -0.2) is 19.1 Å². The van der Waals surface area contributed by atoms with Crippen molar-refractivity contribution in [2.45, 2.75) is 24.9 Å². The molecule has 0 aromatic heterocycles.